The Morgan fingerprint density at radius 2 is 1.47 bits per heavy atom. The first-order valence-corrected chi connectivity index (χ1v) is 16.5. The Morgan fingerprint density at radius 3 is 2.19 bits per heavy atom. The molecule has 7 rings (SSSR count). The summed E-state index contributed by atoms with van der Waals surface area (Å²) in [5, 5.41) is 6.47. The number of likely N-dealkylation sites (N-methyl/N-ethyl adjacent to an activating group) is 1. The van der Waals surface area contributed by atoms with Crippen molar-refractivity contribution in [3.8, 4) is 0 Å². The molecule has 0 fully saturated rings. The van der Waals surface area contributed by atoms with E-state index in [1.54, 1.807) is 0 Å². The molecule has 1 aliphatic carbocycles. The molecule has 1 unspecified atom stereocenters. The SMILES string of the molecule is CN1/C(=C/C2CCCCC(CCC3=[N+](C)c4ccc5ccccc5c4C3(C)C)=C2Cl)C(C)(C)c2c1ccc1ccccc21. The van der Waals surface area contributed by atoms with Crippen LogP contribution >= 0.6 is 11.6 Å². The predicted octanol–water partition coefficient (Wildman–Crippen LogP) is 10.8. The highest BCUT2D eigenvalue weighted by Crippen LogP contribution is 2.51. The van der Waals surface area contributed by atoms with E-state index in [9.17, 15) is 0 Å². The summed E-state index contributed by atoms with van der Waals surface area (Å²) in [4.78, 5) is 2.42. The second kappa shape index (κ2) is 10.4. The minimum atomic E-state index is -0.0877. The van der Waals surface area contributed by atoms with Gasteiger partial charge in [0, 0.05) is 52.8 Å². The average molecular weight is 588 g/mol. The second-order valence-electron chi connectivity index (χ2n) is 14.0. The molecule has 0 aromatic heterocycles. The van der Waals surface area contributed by atoms with E-state index in [4.69, 9.17) is 11.6 Å². The van der Waals surface area contributed by atoms with Crippen LogP contribution in [0.5, 0.6) is 0 Å². The van der Waals surface area contributed by atoms with Crippen LogP contribution in [-0.2, 0) is 10.8 Å². The van der Waals surface area contributed by atoms with Crippen molar-refractivity contribution in [2.75, 3.05) is 19.0 Å². The molecule has 220 valence electrons. The Kier molecular flexibility index (Phi) is 6.86. The summed E-state index contributed by atoms with van der Waals surface area (Å²) in [7, 11) is 4.49. The van der Waals surface area contributed by atoms with Gasteiger partial charge in [0.05, 0.1) is 5.41 Å². The van der Waals surface area contributed by atoms with Crippen LogP contribution in [0.2, 0.25) is 0 Å². The molecule has 3 heteroatoms. The number of benzene rings is 4. The molecule has 0 saturated carbocycles. The number of fused-ring (bicyclic) bond motifs is 6. The molecule has 2 nitrogen and oxygen atoms in total. The summed E-state index contributed by atoms with van der Waals surface area (Å²) in [5.41, 5.74) is 9.78. The van der Waals surface area contributed by atoms with Gasteiger partial charge in [-0.25, -0.2) is 4.58 Å². The molecule has 0 bridgehead atoms. The zero-order valence-electron chi connectivity index (χ0n) is 26.6. The predicted molar refractivity (Wildman–Crippen MR) is 185 cm³/mol. The van der Waals surface area contributed by atoms with Gasteiger partial charge in [0.25, 0.3) is 0 Å². The zero-order valence-corrected chi connectivity index (χ0v) is 27.4. The fourth-order valence-electron chi connectivity index (χ4n) is 8.65. The van der Waals surface area contributed by atoms with Gasteiger partial charge < -0.3 is 4.90 Å². The van der Waals surface area contributed by atoms with Gasteiger partial charge in [0.1, 0.15) is 7.05 Å². The van der Waals surface area contributed by atoms with E-state index in [-0.39, 0.29) is 16.7 Å². The Balaban J connectivity index is 1.20. The molecule has 2 aliphatic heterocycles. The van der Waals surface area contributed by atoms with Crippen molar-refractivity contribution in [2.24, 2.45) is 5.92 Å². The van der Waals surface area contributed by atoms with Gasteiger partial charge >= 0.3 is 0 Å². The van der Waals surface area contributed by atoms with Crippen molar-refractivity contribution in [2.45, 2.75) is 77.0 Å². The van der Waals surface area contributed by atoms with Gasteiger partial charge in [-0.3, -0.25) is 0 Å². The average Bonchev–Trinajstić information content (AvgIpc) is 3.21. The van der Waals surface area contributed by atoms with Crippen LogP contribution in [0, 0.1) is 5.92 Å². The molecule has 0 radical (unpaired) electrons. The molecule has 0 spiro atoms. The lowest BCUT2D eigenvalue weighted by atomic mass is 9.77. The topological polar surface area (TPSA) is 6.25 Å². The summed E-state index contributed by atoms with van der Waals surface area (Å²) in [6, 6.07) is 26.8. The van der Waals surface area contributed by atoms with E-state index < -0.39 is 0 Å². The van der Waals surface area contributed by atoms with Crippen molar-refractivity contribution in [3.05, 3.63) is 106 Å². The number of hydrogen-bond donors (Lipinski definition) is 0. The van der Waals surface area contributed by atoms with Crippen LogP contribution < -0.4 is 4.90 Å². The Hall–Kier alpha value is -3.36. The van der Waals surface area contributed by atoms with Crippen LogP contribution in [0.1, 0.15) is 77.3 Å². The monoisotopic (exact) mass is 587 g/mol. The lowest BCUT2D eigenvalue weighted by molar-refractivity contribution is -0.403. The van der Waals surface area contributed by atoms with E-state index >= 15 is 0 Å². The number of anilines is 1. The number of rotatable bonds is 4. The highest BCUT2D eigenvalue weighted by Gasteiger charge is 2.45. The third-order valence-corrected chi connectivity index (χ3v) is 11.4. The van der Waals surface area contributed by atoms with Crippen molar-refractivity contribution < 1.29 is 4.58 Å². The van der Waals surface area contributed by atoms with Crippen molar-refractivity contribution >= 4 is 50.2 Å². The molecular formula is C40H44ClN2+. The van der Waals surface area contributed by atoms with Crippen LogP contribution in [0.4, 0.5) is 11.4 Å². The Labute approximate surface area is 262 Å². The molecule has 0 amide bonds. The largest absolute Gasteiger partial charge is 0.347 e. The minimum Gasteiger partial charge on any atom is -0.347 e. The maximum atomic E-state index is 7.43. The summed E-state index contributed by atoms with van der Waals surface area (Å²) in [5.74, 6) is 0.261. The Bertz CT molecular complexity index is 1870. The van der Waals surface area contributed by atoms with E-state index in [1.807, 2.05) is 0 Å². The molecule has 2 heterocycles. The van der Waals surface area contributed by atoms with Crippen LogP contribution in [0.15, 0.2) is 95.2 Å². The third-order valence-electron chi connectivity index (χ3n) is 10.8. The lowest BCUT2D eigenvalue weighted by Gasteiger charge is -2.27. The first kappa shape index (κ1) is 28.4. The molecule has 0 saturated heterocycles. The number of halogens is 1. The number of allylic oxidation sites excluding steroid dienone is 4. The quantitative estimate of drug-likeness (QED) is 0.215. The standard InChI is InChI=1S/C40H44ClN2/c1-39(2)34(42(5)32-22-19-26-13-9-11-17-30(26)36(32)39)24-21-28-15-7-8-16-29(38(28)41)25-35-40(3,4)37-31-18-12-10-14-27(31)20-23-33(37)43(35)6/h9-14,17-20,22-23,25,29H,7-8,15-16,21,24H2,1-6H3/q+1/b35-25+. The van der Waals surface area contributed by atoms with Gasteiger partial charge in [-0.2, -0.15) is 0 Å². The number of nitrogens with zero attached hydrogens (tertiary/aromatic N) is 2. The van der Waals surface area contributed by atoms with Crippen molar-refractivity contribution in [1.29, 1.82) is 0 Å². The highest BCUT2D eigenvalue weighted by molar-refractivity contribution is 6.30. The van der Waals surface area contributed by atoms with Gasteiger partial charge in [-0.15, -0.1) is 0 Å². The summed E-state index contributed by atoms with van der Waals surface area (Å²) in [6.45, 7) is 9.59. The molecule has 4 aromatic carbocycles. The van der Waals surface area contributed by atoms with Gasteiger partial charge in [-0.05, 0) is 78.8 Å². The maximum Gasteiger partial charge on any atom is 0.209 e. The molecule has 43 heavy (non-hydrogen) atoms. The molecule has 1 atom stereocenters. The van der Waals surface area contributed by atoms with Crippen LogP contribution in [0.3, 0.4) is 0 Å². The van der Waals surface area contributed by atoms with Crippen molar-refractivity contribution in [1.82, 2.24) is 0 Å². The normalized spacial score (nSPS) is 22.1. The first-order valence-electron chi connectivity index (χ1n) is 16.1. The van der Waals surface area contributed by atoms with E-state index in [2.05, 4.69) is 130 Å². The molecule has 4 aromatic rings. The maximum absolute atomic E-state index is 7.43. The third kappa shape index (κ3) is 4.40. The second-order valence-corrected chi connectivity index (χ2v) is 14.4. The zero-order chi connectivity index (χ0) is 30.1. The highest BCUT2D eigenvalue weighted by atomic mass is 35.5. The van der Waals surface area contributed by atoms with E-state index in [0.717, 1.165) is 30.7 Å². The van der Waals surface area contributed by atoms with Gasteiger partial charge in [-0.1, -0.05) is 98.1 Å². The molecule has 3 aliphatic rings. The molecular weight excluding hydrogens is 544 g/mol. The van der Waals surface area contributed by atoms with Crippen LogP contribution in [-0.4, -0.2) is 24.4 Å². The fourth-order valence-corrected chi connectivity index (χ4v) is 9.01. The van der Waals surface area contributed by atoms with Crippen LogP contribution in [0.25, 0.3) is 21.5 Å². The summed E-state index contributed by atoms with van der Waals surface area (Å²) >= 11 is 7.43. The number of hydrogen-bond acceptors (Lipinski definition) is 1. The fraction of sp³-hybridized carbons (Fsp3) is 0.375. The van der Waals surface area contributed by atoms with Gasteiger partial charge in [0.15, 0.2) is 5.71 Å². The van der Waals surface area contributed by atoms with E-state index in [0.29, 0.717) is 0 Å². The molecule has 0 N–H and O–H groups in total. The minimum absolute atomic E-state index is 0.0186. The lowest BCUT2D eigenvalue weighted by Crippen LogP contribution is -2.28. The Morgan fingerprint density at radius 1 is 0.814 bits per heavy atom. The van der Waals surface area contributed by atoms with E-state index in [1.165, 1.54) is 73.9 Å². The van der Waals surface area contributed by atoms with Crippen molar-refractivity contribution in [3.63, 3.8) is 0 Å². The summed E-state index contributed by atoms with van der Waals surface area (Å²) < 4.78 is 2.46. The first-order chi connectivity index (χ1) is 20.6. The summed E-state index contributed by atoms with van der Waals surface area (Å²) in [6.07, 6.45) is 9.23. The smallest absolute Gasteiger partial charge is 0.209 e. The van der Waals surface area contributed by atoms with Gasteiger partial charge in [0.2, 0.25) is 5.69 Å².